The summed E-state index contributed by atoms with van der Waals surface area (Å²) in [5, 5.41) is 2.77. The van der Waals surface area contributed by atoms with Gasteiger partial charge in [-0.1, -0.05) is 24.9 Å². The molecule has 1 aromatic heterocycles. The molecular formula is C29H31ClFN5O3. The second-order valence-corrected chi connectivity index (χ2v) is 10.2. The number of Topliss-reactive ketones (excluding diaryl/α,β-unsaturated/α-hetero) is 1. The zero-order valence-corrected chi connectivity index (χ0v) is 22.9. The van der Waals surface area contributed by atoms with Crippen molar-refractivity contribution >= 4 is 40.5 Å². The van der Waals surface area contributed by atoms with Crippen LogP contribution in [-0.4, -0.2) is 46.8 Å². The zero-order chi connectivity index (χ0) is 28.3. The largest absolute Gasteiger partial charge is 0.403 e. The number of aromatic nitrogens is 1. The minimum Gasteiger partial charge on any atom is -0.403 e. The summed E-state index contributed by atoms with van der Waals surface area (Å²) in [7, 11) is 1.61. The highest BCUT2D eigenvalue weighted by Crippen LogP contribution is 2.36. The van der Waals surface area contributed by atoms with Gasteiger partial charge in [0, 0.05) is 54.7 Å². The van der Waals surface area contributed by atoms with Crippen molar-refractivity contribution in [2.24, 2.45) is 16.6 Å². The summed E-state index contributed by atoms with van der Waals surface area (Å²) in [5.41, 5.74) is 8.81. The molecule has 0 spiro atoms. The number of nitrogens with two attached hydrogens (primary N) is 1. The number of hydrogen-bond acceptors (Lipinski definition) is 6. The lowest BCUT2D eigenvalue weighted by Gasteiger charge is -2.35. The summed E-state index contributed by atoms with van der Waals surface area (Å²) >= 11 is 6.02. The monoisotopic (exact) mass is 551 g/mol. The average molecular weight is 552 g/mol. The topological polar surface area (TPSA) is 118 Å². The molecule has 4 rings (SSSR count). The first-order valence-electron chi connectivity index (χ1n) is 12.8. The molecular weight excluding hydrogens is 521 g/mol. The van der Waals surface area contributed by atoms with Crippen molar-refractivity contribution in [3.05, 3.63) is 81.7 Å². The van der Waals surface area contributed by atoms with Gasteiger partial charge in [0.25, 0.3) is 0 Å². The van der Waals surface area contributed by atoms with E-state index in [1.165, 1.54) is 31.3 Å². The Bertz CT molecular complexity index is 1420. The van der Waals surface area contributed by atoms with Crippen LogP contribution in [0.3, 0.4) is 0 Å². The molecule has 2 amide bonds. The molecule has 3 N–H and O–H groups in total. The Hall–Kier alpha value is -3.85. The smallest absolute Gasteiger partial charge is 0.247 e. The lowest BCUT2D eigenvalue weighted by molar-refractivity contribution is -0.129. The fraction of sp³-hybridized carbons (Fsp3) is 0.345. The first-order chi connectivity index (χ1) is 18.7. The molecule has 0 radical (unpaired) electrons. The predicted molar refractivity (Wildman–Crippen MR) is 149 cm³/mol. The molecule has 0 saturated heterocycles. The van der Waals surface area contributed by atoms with E-state index in [-0.39, 0.29) is 45.7 Å². The van der Waals surface area contributed by atoms with Crippen molar-refractivity contribution in [3.8, 4) is 0 Å². The fourth-order valence-corrected chi connectivity index (χ4v) is 5.31. The average Bonchev–Trinajstić information content (AvgIpc) is 2.92. The highest BCUT2D eigenvalue weighted by Gasteiger charge is 2.32. The third-order valence-electron chi connectivity index (χ3n) is 7.24. The molecule has 10 heteroatoms. The summed E-state index contributed by atoms with van der Waals surface area (Å²) in [6.07, 6.45) is 6.52. The molecule has 2 atom stereocenters. The number of nitrogens with zero attached hydrogens (tertiary/aromatic N) is 3. The van der Waals surface area contributed by atoms with Crippen LogP contribution in [0.5, 0.6) is 0 Å². The van der Waals surface area contributed by atoms with E-state index in [1.54, 1.807) is 24.2 Å². The van der Waals surface area contributed by atoms with Crippen LogP contribution in [0.4, 0.5) is 4.39 Å². The Morgan fingerprint density at radius 3 is 2.72 bits per heavy atom. The van der Waals surface area contributed by atoms with E-state index in [0.717, 1.165) is 0 Å². The van der Waals surface area contributed by atoms with Gasteiger partial charge in [-0.05, 0) is 56.0 Å². The summed E-state index contributed by atoms with van der Waals surface area (Å²) < 4.78 is 15.1. The molecule has 204 valence electrons. The quantitative estimate of drug-likeness (QED) is 0.541. The predicted octanol–water partition coefficient (Wildman–Crippen LogP) is 4.59. The molecule has 39 heavy (non-hydrogen) atoms. The molecule has 0 fully saturated rings. The van der Waals surface area contributed by atoms with Gasteiger partial charge >= 0.3 is 0 Å². The SMILES string of the molecule is CN=C1C(=CN)NC(=O)C(C)CCCC(N2CCC(c3c(C(C)=O)ccc(Cl)c3F)=CC2=O)c2cc1ccn2. The Morgan fingerprint density at radius 2 is 2.05 bits per heavy atom. The van der Waals surface area contributed by atoms with Gasteiger partial charge in [-0.2, -0.15) is 0 Å². The standard InChI is InChI=1S/C29H31ClFN5O3/c1-16-5-4-6-24(22-13-19(9-11-34-22)28(33-3)23(15-32)35-29(16)39)36-12-10-18(14-25(36)38)26-20(17(2)37)7-8-21(30)27(26)31/h7-9,11,13-16,24H,4-6,10,12,32H2,1-3H3,(H,35,39). The Labute approximate surface area is 231 Å². The number of nitrogens with one attached hydrogen (secondary N) is 1. The molecule has 0 aliphatic carbocycles. The van der Waals surface area contributed by atoms with Gasteiger partial charge in [-0.3, -0.25) is 24.4 Å². The van der Waals surface area contributed by atoms with Crippen LogP contribution in [0.15, 0.2) is 53.4 Å². The number of pyridine rings is 1. The van der Waals surface area contributed by atoms with E-state index in [2.05, 4.69) is 15.3 Å². The Kier molecular flexibility index (Phi) is 8.60. The maximum atomic E-state index is 15.1. The van der Waals surface area contributed by atoms with Crippen LogP contribution in [0, 0.1) is 11.7 Å². The van der Waals surface area contributed by atoms with Crippen LogP contribution in [0.1, 0.15) is 72.8 Å². The highest BCUT2D eigenvalue weighted by atomic mass is 35.5. The van der Waals surface area contributed by atoms with Gasteiger partial charge in [-0.25, -0.2) is 4.39 Å². The number of ketones is 1. The molecule has 3 heterocycles. The zero-order valence-electron chi connectivity index (χ0n) is 22.1. The molecule has 2 aromatic rings. The van der Waals surface area contributed by atoms with E-state index in [0.29, 0.717) is 60.5 Å². The van der Waals surface area contributed by atoms with Crippen molar-refractivity contribution in [2.45, 2.75) is 45.6 Å². The molecule has 2 aliphatic rings. The van der Waals surface area contributed by atoms with E-state index in [4.69, 9.17) is 17.3 Å². The van der Waals surface area contributed by atoms with Crippen LogP contribution < -0.4 is 11.1 Å². The molecule has 2 unspecified atom stereocenters. The first kappa shape index (κ1) is 28.2. The maximum Gasteiger partial charge on any atom is 0.247 e. The van der Waals surface area contributed by atoms with Crippen molar-refractivity contribution in [2.75, 3.05) is 13.6 Å². The van der Waals surface area contributed by atoms with Crippen LogP contribution in [0.2, 0.25) is 5.02 Å². The van der Waals surface area contributed by atoms with Crippen molar-refractivity contribution in [1.29, 1.82) is 0 Å². The number of fused-ring (bicyclic) bond motifs is 2. The normalized spacial score (nSPS) is 22.7. The van der Waals surface area contributed by atoms with Gasteiger partial charge in [0.15, 0.2) is 5.78 Å². The van der Waals surface area contributed by atoms with Gasteiger partial charge in [0.05, 0.1) is 28.2 Å². The summed E-state index contributed by atoms with van der Waals surface area (Å²) in [4.78, 5) is 49.2. The van der Waals surface area contributed by atoms with Crippen molar-refractivity contribution in [3.63, 3.8) is 0 Å². The van der Waals surface area contributed by atoms with Crippen LogP contribution >= 0.6 is 11.6 Å². The number of carbonyl (C=O) groups is 3. The summed E-state index contributed by atoms with van der Waals surface area (Å²) in [6, 6.07) is 6.07. The second kappa shape index (κ2) is 11.9. The van der Waals surface area contributed by atoms with E-state index in [1.807, 2.05) is 13.0 Å². The van der Waals surface area contributed by atoms with Gasteiger partial charge < -0.3 is 16.0 Å². The van der Waals surface area contributed by atoms with Crippen LogP contribution in [0.25, 0.3) is 5.57 Å². The van der Waals surface area contributed by atoms with E-state index >= 15 is 4.39 Å². The summed E-state index contributed by atoms with van der Waals surface area (Å²) in [6.45, 7) is 3.49. The number of allylic oxidation sites excluding steroid dienone is 1. The maximum absolute atomic E-state index is 15.1. The lowest BCUT2D eigenvalue weighted by Crippen LogP contribution is -2.38. The number of amides is 2. The number of rotatable bonds is 3. The van der Waals surface area contributed by atoms with Gasteiger partial charge in [0.1, 0.15) is 5.82 Å². The lowest BCUT2D eigenvalue weighted by atomic mass is 9.90. The number of benzene rings is 1. The molecule has 2 aliphatic heterocycles. The fourth-order valence-electron chi connectivity index (χ4n) is 5.15. The first-order valence-corrected chi connectivity index (χ1v) is 13.2. The number of halogens is 2. The molecule has 0 saturated carbocycles. The summed E-state index contributed by atoms with van der Waals surface area (Å²) in [5.74, 6) is -1.78. The van der Waals surface area contributed by atoms with Gasteiger partial charge in [-0.15, -0.1) is 0 Å². The number of carbonyl (C=O) groups excluding carboxylic acids is 3. The third kappa shape index (κ3) is 5.78. The van der Waals surface area contributed by atoms with Crippen LogP contribution in [-0.2, 0) is 9.59 Å². The Balaban J connectivity index is 1.74. The highest BCUT2D eigenvalue weighted by molar-refractivity contribution is 6.31. The second-order valence-electron chi connectivity index (χ2n) is 9.75. The molecule has 1 aromatic carbocycles. The minimum atomic E-state index is -0.709. The molecule has 2 bridgehead atoms. The number of hydrogen-bond donors (Lipinski definition) is 2. The Morgan fingerprint density at radius 1 is 1.28 bits per heavy atom. The van der Waals surface area contributed by atoms with Crippen molar-refractivity contribution in [1.82, 2.24) is 15.2 Å². The van der Waals surface area contributed by atoms with E-state index in [9.17, 15) is 14.4 Å². The minimum absolute atomic E-state index is 0.0755. The molecule has 8 nitrogen and oxygen atoms in total. The number of aliphatic imine (C=N–C) groups is 1. The van der Waals surface area contributed by atoms with Crippen molar-refractivity contribution < 1.29 is 18.8 Å². The third-order valence-corrected chi connectivity index (χ3v) is 7.53. The van der Waals surface area contributed by atoms with Gasteiger partial charge in [0.2, 0.25) is 11.8 Å². The van der Waals surface area contributed by atoms with E-state index < -0.39 is 5.82 Å².